The number of oxazole rings is 1. The van der Waals surface area contributed by atoms with E-state index in [0.717, 1.165) is 11.1 Å². The van der Waals surface area contributed by atoms with Gasteiger partial charge in [0.25, 0.3) is 11.8 Å². The molecule has 9 nitrogen and oxygen atoms in total. The number of amides is 2. The highest BCUT2D eigenvalue weighted by Crippen LogP contribution is 2.19. The van der Waals surface area contributed by atoms with Crippen LogP contribution >= 0.6 is 0 Å². The number of benzene rings is 2. The Labute approximate surface area is 228 Å². The van der Waals surface area contributed by atoms with Crippen LogP contribution in [0.2, 0.25) is 0 Å². The van der Waals surface area contributed by atoms with Crippen molar-refractivity contribution >= 4 is 17.6 Å². The zero-order chi connectivity index (χ0) is 27.5. The molecule has 1 aliphatic rings. The van der Waals surface area contributed by atoms with Crippen LogP contribution in [0.15, 0.2) is 77.5 Å². The van der Waals surface area contributed by atoms with Crippen molar-refractivity contribution in [3.05, 3.63) is 90.1 Å². The second-order valence-electron chi connectivity index (χ2n) is 9.65. The Hall–Kier alpha value is -3.82. The van der Waals surface area contributed by atoms with E-state index in [0.29, 0.717) is 52.0 Å². The Morgan fingerprint density at radius 1 is 0.923 bits per heavy atom. The number of carbonyl (C=O) groups is 3. The minimum absolute atomic E-state index is 0.0982. The number of hydrogen-bond acceptors (Lipinski definition) is 7. The van der Waals surface area contributed by atoms with E-state index in [1.807, 2.05) is 60.7 Å². The smallest absolute Gasteiger partial charge is 0.265 e. The second-order valence-corrected chi connectivity index (χ2v) is 9.65. The molecule has 1 aliphatic heterocycles. The van der Waals surface area contributed by atoms with E-state index in [1.165, 1.54) is 17.4 Å². The minimum atomic E-state index is -1.54. The summed E-state index contributed by atoms with van der Waals surface area (Å²) in [5.74, 6) is -2.63. The van der Waals surface area contributed by atoms with Gasteiger partial charge in [-0.05, 0) is 43.2 Å². The fraction of sp³-hybridized carbons (Fsp3) is 0.400. The molecule has 0 spiro atoms. The predicted molar refractivity (Wildman–Crippen MR) is 144 cm³/mol. The van der Waals surface area contributed by atoms with Crippen molar-refractivity contribution in [1.82, 2.24) is 15.2 Å². The molecule has 0 aliphatic carbocycles. The third-order valence-corrected chi connectivity index (χ3v) is 6.96. The molecule has 1 aromatic heterocycles. The number of hydrogen-bond donors (Lipinski definition) is 2. The van der Waals surface area contributed by atoms with E-state index < -0.39 is 35.7 Å². The SMILES string of the molecule is O=C(c1ncco1)[C@H](CCc1ccccc1)NC(=O)[C@@H](CCCc1ccccc1)[C@@H](O)C(=O)N1CCOCC1. The molecule has 0 radical (unpaired) electrons. The first-order valence-corrected chi connectivity index (χ1v) is 13.4. The fourth-order valence-electron chi connectivity index (χ4n) is 4.74. The summed E-state index contributed by atoms with van der Waals surface area (Å²) in [5, 5.41) is 14.0. The maximum Gasteiger partial charge on any atom is 0.265 e. The summed E-state index contributed by atoms with van der Waals surface area (Å²) in [4.78, 5) is 45.5. The van der Waals surface area contributed by atoms with Crippen molar-refractivity contribution in [2.45, 2.75) is 44.2 Å². The largest absolute Gasteiger partial charge is 0.442 e. The molecule has 2 N–H and O–H groups in total. The predicted octanol–water partition coefficient (Wildman–Crippen LogP) is 2.83. The van der Waals surface area contributed by atoms with Gasteiger partial charge in [-0.1, -0.05) is 60.7 Å². The summed E-state index contributed by atoms with van der Waals surface area (Å²) < 4.78 is 10.5. The Balaban J connectivity index is 1.49. The highest BCUT2D eigenvalue weighted by molar-refractivity contribution is 5.99. The maximum absolute atomic E-state index is 13.6. The fourth-order valence-corrected chi connectivity index (χ4v) is 4.74. The first kappa shape index (κ1) is 28.2. The van der Waals surface area contributed by atoms with Crippen LogP contribution < -0.4 is 5.32 Å². The van der Waals surface area contributed by atoms with E-state index in [-0.39, 0.29) is 12.3 Å². The van der Waals surface area contributed by atoms with Crippen LogP contribution in [0.5, 0.6) is 0 Å². The van der Waals surface area contributed by atoms with Gasteiger partial charge in [0, 0.05) is 13.1 Å². The molecule has 0 unspecified atom stereocenters. The van der Waals surface area contributed by atoms with Crippen LogP contribution in [0.1, 0.15) is 41.1 Å². The average Bonchev–Trinajstić information content (AvgIpc) is 3.53. The van der Waals surface area contributed by atoms with Crippen molar-refractivity contribution in [1.29, 1.82) is 0 Å². The summed E-state index contributed by atoms with van der Waals surface area (Å²) in [5.41, 5.74) is 2.12. The van der Waals surface area contributed by atoms with Crippen LogP contribution in [0.4, 0.5) is 0 Å². The molecule has 3 atom stereocenters. The molecular weight excluding hydrogens is 498 g/mol. The van der Waals surface area contributed by atoms with Crippen LogP contribution in [0.25, 0.3) is 0 Å². The van der Waals surface area contributed by atoms with Gasteiger partial charge >= 0.3 is 0 Å². The minimum Gasteiger partial charge on any atom is -0.442 e. The molecule has 0 bridgehead atoms. The van der Waals surface area contributed by atoms with Crippen LogP contribution in [-0.2, 0) is 27.2 Å². The molecule has 1 saturated heterocycles. The molecule has 2 heterocycles. The van der Waals surface area contributed by atoms with Crippen LogP contribution in [0, 0.1) is 5.92 Å². The van der Waals surface area contributed by atoms with Gasteiger partial charge in [-0.25, -0.2) is 4.98 Å². The van der Waals surface area contributed by atoms with E-state index in [2.05, 4.69) is 10.3 Å². The third kappa shape index (κ3) is 8.08. The number of nitrogens with one attached hydrogen (secondary N) is 1. The first-order chi connectivity index (χ1) is 19.0. The summed E-state index contributed by atoms with van der Waals surface area (Å²) >= 11 is 0. The molecule has 0 saturated carbocycles. The standard InChI is InChI=1S/C30H35N3O6/c34-26(30(37)33-17-20-38-21-18-33)24(13-7-12-22-8-3-1-4-9-22)28(36)32-25(27(35)29-31-16-19-39-29)15-14-23-10-5-2-6-11-23/h1-6,8-11,16,19,24-26,34H,7,12-15,17-18,20-21H2,(H,32,36)/t24-,25-,26+/m0/s1. The van der Waals surface area contributed by atoms with Gasteiger partial charge in [0.15, 0.2) is 0 Å². The van der Waals surface area contributed by atoms with Gasteiger partial charge < -0.3 is 24.5 Å². The molecule has 3 aromatic rings. The number of ether oxygens (including phenoxy) is 1. The number of aryl methyl sites for hydroxylation is 2. The van der Waals surface area contributed by atoms with E-state index in [9.17, 15) is 19.5 Å². The van der Waals surface area contributed by atoms with Crippen molar-refractivity contribution in [2.75, 3.05) is 26.3 Å². The van der Waals surface area contributed by atoms with Crippen molar-refractivity contribution in [3.63, 3.8) is 0 Å². The lowest BCUT2D eigenvalue weighted by molar-refractivity contribution is -0.151. The van der Waals surface area contributed by atoms with Crippen molar-refractivity contribution < 1.29 is 28.6 Å². The number of rotatable bonds is 13. The first-order valence-electron chi connectivity index (χ1n) is 13.4. The van der Waals surface area contributed by atoms with E-state index >= 15 is 0 Å². The Bertz CT molecular complexity index is 1180. The van der Waals surface area contributed by atoms with E-state index in [4.69, 9.17) is 9.15 Å². The highest BCUT2D eigenvalue weighted by Gasteiger charge is 2.37. The molecule has 4 rings (SSSR count). The number of aromatic nitrogens is 1. The Morgan fingerprint density at radius 2 is 1.56 bits per heavy atom. The number of Topliss-reactive ketones (excluding diaryl/α,β-unsaturated/α-hetero) is 1. The lowest BCUT2D eigenvalue weighted by Gasteiger charge is -2.31. The van der Waals surface area contributed by atoms with Gasteiger partial charge in [0.2, 0.25) is 11.7 Å². The van der Waals surface area contributed by atoms with Crippen LogP contribution in [0.3, 0.4) is 0 Å². The molecule has 39 heavy (non-hydrogen) atoms. The Morgan fingerprint density at radius 3 is 2.18 bits per heavy atom. The van der Waals surface area contributed by atoms with Gasteiger partial charge in [-0.2, -0.15) is 0 Å². The summed E-state index contributed by atoms with van der Waals surface area (Å²) in [6, 6.07) is 18.5. The summed E-state index contributed by atoms with van der Waals surface area (Å²) in [7, 11) is 0. The van der Waals surface area contributed by atoms with Gasteiger partial charge in [0.05, 0.1) is 31.4 Å². The average molecular weight is 534 g/mol. The summed E-state index contributed by atoms with van der Waals surface area (Å²) in [6.45, 7) is 1.48. The third-order valence-electron chi connectivity index (χ3n) is 6.96. The lowest BCUT2D eigenvalue weighted by Crippen LogP contribution is -2.52. The Kier molecular flexibility index (Phi) is 10.4. The molecular formula is C30H35N3O6. The topological polar surface area (TPSA) is 122 Å². The van der Waals surface area contributed by atoms with Crippen LogP contribution in [-0.4, -0.2) is 71.0 Å². The monoisotopic (exact) mass is 533 g/mol. The molecule has 206 valence electrons. The van der Waals surface area contributed by atoms with Gasteiger partial charge in [-0.15, -0.1) is 0 Å². The number of aliphatic hydroxyl groups excluding tert-OH is 1. The number of morpholine rings is 1. The molecule has 9 heteroatoms. The van der Waals surface area contributed by atoms with Gasteiger partial charge in [-0.3, -0.25) is 14.4 Å². The number of carbonyl (C=O) groups excluding carboxylic acids is 3. The second kappa shape index (κ2) is 14.4. The molecule has 1 fully saturated rings. The zero-order valence-electron chi connectivity index (χ0n) is 21.9. The molecule has 2 amide bonds. The zero-order valence-corrected chi connectivity index (χ0v) is 21.9. The van der Waals surface area contributed by atoms with Crippen molar-refractivity contribution in [3.8, 4) is 0 Å². The maximum atomic E-state index is 13.6. The summed E-state index contributed by atoms with van der Waals surface area (Å²) in [6.07, 6.45) is 3.53. The number of aliphatic hydroxyl groups is 1. The van der Waals surface area contributed by atoms with Gasteiger partial charge in [0.1, 0.15) is 12.4 Å². The normalized spacial score (nSPS) is 15.8. The number of nitrogens with zero attached hydrogens (tertiary/aromatic N) is 2. The lowest BCUT2D eigenvalue weighted by atomic mass is 9.91. The molecule has 2 aromatic carbocycles. The quantitative estimate of drug-likeness (QED) is 0.324. The highest BCUT2D eigenvalue weighted by atomic mass is 16.5. The number of ketones is 1. The van der Waals surface area contributed by atoms with Crippen molar-refractivity contribution in [2.24, 2.45) is 5.92 Å². The van der Waals surface area contributed by atoms with E-state index in [1.54, 1.807) is 0 Å².